The summed E-state index contributed by atoms with van der Waals surface area (Å²) in [6.45, 7) is 9.29. The summed E-state index contributed by atoms with van der Waals surface area (Å²) in [6.07, 6.45) is 5.50. The van der Waals surface area contributed by atoms with Gasteiger partial charge >= 0.3 is 0 Å². The fourth-order valence-electron chi connectivity index (χ4n) is 1.65. The third kappa shape index (κ3) is 7.23. The Morgan fingerprint density at radius 2 is 1.83 bits per heavy atom. The summed E-state index contributed by atoms with van der Waals surface area (Å²) < 4.78 is 0. The maximum atomic E-state index is 4.71. The van der Waals surface area contributed by atoms with Gasteiger partial charge in [-0.05, 0) is 12.0 Å². The molecule has 0 aliphatic carbocycles. The molecular formula is C10H24SSi. The smallest absolute Gasteiger partial charge is 0.107 e. The minimum atomic E-state index is -1.10. The van der Waals surface area contributed by atoms with E-state index in [-0.39, 0.29) is 0 Å². The Morgan fingerprint density at radius 1 is 1.25 bits per heavy atom. The van der Waals surface area contributed by atoms with E-state index in [0.717, 1.165) is 5.92 Å². The molecule has 74 valence electrons. The van der Waals surface area contributed by atoms with Crippen LogP contribution >= 0.6 is 12.1 Å². The van der Waals surface area contributed by atoms with Crippen molar-refractivity contribution in [2.75, 3.05) is 0 Å². The van der Waals surface area contributed by atoms with E-state index in [0.29, 0.717) is 0 Å². The third-order valence-corrected chi connectivity index (χ3v) is 4.46. The SMILES string of the molecule is CCCCC(CC)C[Si](C)(C)S. The van der Waals surface area contributed by atoms with Crippen LogP contribution in [0.1, 0.15) is 39.5 Å². The first-order valence-corrected chi connectivity index (χ1v) is 9.71. The Labute approximate surface area is 84.2 Å². The van der Waals surface area contributed by atoms with Gasteiger partial charge in [-0.15, -0.1) is 0 Å². The lowest BCUT2D eigenvalue weighted by molar-refractivity contribution is 0.488. The first-order valence-electron chi connectivity index (χ1n) is 5.22. The molecule has 0 nitrogen and oxygen atoms in total. The van der Waals surface area contributed by atoms with Crippen LogP contribution < -0.4 is 0 Å². The number of hydrogen-bond acceptors (Lipinski definition) is 1. The molecule has 0 N–H and O–H groups in total. The summed E-state index contributed by atoms with van der Waals surface area (Å²) in [5, 5.41) is 0. The van der Waals surface area contributed by atoms with Crippen molar-refractivity contribution in [1.82, 2.24) is 0 Å². The van der Waals surface area contributed by atoms with Crippen LogP contribution in [0.25, 0.3) is 0 Å². The summed E-state index contributed by atoms with van der Waals surface area (Å²) >= 11 is 4.71. The van der Waals surface area contributed by atoms with Crippen LogP contribution in [0.4, 0.5) is 0 Å². The van der Waals surface area contributed by atoms with E-state index in [1.807, 2.05) is 0 Å². The second-order valence-corrected chi connectivity index (χ2v) is 12.1. The lowest BCUT2D eigenvalue weighted by Gasteiger charge is -2.22. The zero-order valence-corrected chi connectivity index (χ0v) is 11.0. The van der Waals surface area contributed by atoms with Crippen LogP contribution in [0.15, 0.2) is 0 Å². The molecular weight excluding hydrogens is 180 g/mol. The predicted octanol–water partition coefficient (Wildman–Crippen LogP) is 4.34. The summed E-state index contributed by atoms with van der Waals surface area (Å²) in [5.41, 5.74) is 0. The third-order valence-electron chi connectivity index (χ3n) is 2.33. The highest BCUT2D eigenvalue weighted by Crippen LogP contribution is 2.26. The van der Waals surface area contributed by atoms with Crippen LogP contribution in [-0.2, 0) is 0 Å². The van der Waals surface area contributed by atoms with Crippen molar-refractivity contribution in [1.29, 1.82) is 0 Å². The van der Waals surface area contributed by atoms with Gasteiger partial charge in [-0.2, -0.15) is 0 Å². The Balaban J connectivity index is 3.67. The molecule has 0 heterocycles. The average molecular weight is 204 g/mol. The van der Waals surface area contributed by atoms with E-state index < -0.39 is 7.22 Å². The monoisotopic (exact) mass is 204 g/mol. The van der Waals surface area contributed by atoms with Crippen molar-refractivity contribution < 1.29 is 0 Å². The van der Waals surface area contributed by atoms with E-state index in [1.165, 1.54) is 31.7 Å². The quantitative estimate of drug-likeness (QED) is 0.483. The Hall–Kier alpha value is 0.567. The van der Waals surface area contributed by atoms with Crippen molar-refractivity contribution in [3.05, 3.63) is 0 Å². The highest BCUT2D eigenvalue weighted by atomic mass is 32.3. The molecule has 0 fully saturated rings. The van der Waals surface area contributed by atoms with Crippen LogP contribution in [-0.4, -0.2) is 7.22 Å². The van der Waals surface area contributed by atoms with Gasteiger partial charge < -0.3 is 0 Å². The topological polar surface area (TPSA) is 0 Å². The molecule has 0 aliphatic heterocycles. The van der Waals surface area contributed by atoms with E-state index >= 15 is 0 Å². The minimum Gasteiger partial charge on any atom is -0.202 e. The Morgan fingerprint density at radius 3 is 2.17 bits per heavy atom. The first kappa shape index (κ1) is 12.6. The largest absolute Gasteiger partial charge is 0.202 e. The van der Waals surface area contributed by atoms with Gasteiger partial charge in [0.15, 0.2) is 0 Å². The summed E-state index contributed by atoms with van der Waals surface area (Å²) in [6, 6.07) is 1.40. The van der Waals surface area contributed by atoms with Gasteiger partial charge in [0.1, 0.15) is 7.22 Å². The Bertz CT molecular complexity index is 107. The van der Waals surface area contributed by atoms with Crippen LogP contribution in [0.5, 0.6) is 0 Å². The number of unbranched alkanes of at least 4 members (excludes halogenated alkanes) is 1. The average Bonchev–Trinajstić information content (AvgIpc) is 1.95. The van der Waals surface area contributed by atoms with E-state index in [1.54, 1.807) is 0 Å². The number of hydrogen-bond donors (Lipinski definition) is 1. The molecule has 0 bridgehead atoms. The normalized spacial score (nSPS) is 14.8. The van der Waals surface area contributed by atoms with Crippen molar-refractivity contribution in [3.63, 3.8) is 0 Å². The van der Waals surface area contributed by atoms with Gasteiger partial charge in [-0.3, -0.25) is 0 Å². The maximum Gasteiger partial charge on any atom is 0.107 e. The van der Waals surface area contributed by atoms with Gasteiger partial charge in [0, 0.05) is 0 Å². The van der Waals surface area contributed by atoms with Crippen molar-refractivity contribution >= 4 is 19.3 Å². The molecule has 0 spiro atoms. The second kappa shape index (κ2) is 6.09. The van der Waals surface area contributed by atoms with E-state index in [4.69, 9.17) is 12.1 Å². The van der Waals surface area contributed by atoms with Crippen molar-refractivity contribution in [3.8, 4) is 0 Å². The second-order valence-electron chi connectivity index (χ2n) is 4.43. The van der Waals surface area contributed by atoms with Gasteiger partial charge in [-0.25, -0.2) is 12.1 Å². The van der Waals surface area contributed by atoms with E-state index in [9.17, 15) is 0 Å². The molecule has 0 saturated carbocycles. The Kier molecular flexibility index (Phi) is 6.37. The molecule has 0 amide bonds. The fraction of sp³-hybridized carbons (Fsp3) is 1.00. The van der Waals surface area contributed by atoms with Crippen LogP contribution in [0, 0.1) is 5.92 Å². The molecule has 2 heteroatoms. The number of rotatable bonds is 6. The summed E-state index contributed by atoms with van der Waals surface area (Å²) in [5.74, 6) is 0.948. The molecule has 0 aromatic heterocycles. The molecule has 0 saturated heterocycles. The summed E-state index contributed by atoms with van der Waals surface area (Å²) in [7, 11) is -1.10. The highest BCUT2D eigenvalue weighted by molar-refractivity contribution is 8.14. The van der Waals surface area contributed by atoms with Gasteiger partial charge in [0.05, 0.1) is 0 Å². The molecule has 12 heavy (non-hydrogen) atoms. The zero-order chi connectivity index (χ0) is 9.61. The molecule has 0 aromatic carbocycles. The standard InChI is InChI=1S/C10H24SSi/c1-5-7-8-10(6-2)9-12(3,4)11/h10-11H,5-9H2,1-4H3. The predicted molar refractivity (Wildman–Crippen MR) is 64.6 cm³/mol. The van der Waals surface area contributed by atoms with Gasteiger partial charge in [0.25, 0.3) is 0 Å². The summed E-state index contributed by atoms with van der Waals surface area (Å²) in [4.78, 5) is 0. The molecule has 0 aliphatic rings. The lowest BCUT2D eigenvalue weighted by Crippen LogP contribution is -2.21. The van der Waals surface area contributed by atoms with Gasteiger partial charge in [0.2, 0.25) is 0 Å². The number of thiol groups is 1. The first-order chi connectivity index (χ1) is 5.49. The van der Waals surface area contributed by atoms with Crippen molar-refractivity contribution in [2.45, 2.75) is 58.7 Å². The molecule has 0 rings (SSSR count). The molecule has 0 radical (unpaired) electrons. The lowest BCUT2D eigenvalue weighted by atomic mass is 10.0. The van der Waals surface area contributed by atoms with Crippen LogP contribution in [0.2, 0.25) is 19.1 Å². The van der Waals surface area contributed by atoms with Crippen molar-refractivity contribution in [2.24, 2.45) is 5.92 Å². The van der Waals surface area contributed by atoms with E-state index in [2.05, 4.69) is 26.9 Å². The van der Waals surface area contributed by atoms with Gasteiger partial charge in [-0.1, -0.05) is 52.6 Å². The minimum absolute atomic E-state index is 0.948. The molecule has 1 unspecified atom stereocenters. The van der Waals surface area contributed by atoms with Crippen LogP contribution in [0.3, 0.4) is 0 Å². The molecule has 0 aromatic rings. The zero-order valence-electron chi connectivity index (χ0n) is 9.06. The highest BCUT2D eigenvalue weighted by Gasteiger charge is 2.19. The maximum absolute atomic E-state index is 4.71. The molecule has 1 atom stereocenters. The fourth-order valence-corrected chi connectivity index (χ4v) is 4.33.